The van der Waals surface area contributed by atoms with Crippen LogP contribution in [0.1, 0.15) is 12.8 Å². The maximum atomic E-state index is 11.5. The van der Waals surface area contributed by atoms with Crippen LogP contribution in [0.3, 0.4) is 0 Å². The highest BCUT2D eigenvalue weighted by Gasteiger charge is 2.39. The topological polar surface area (TPSA) is 44.8 Å². The fourth-order valence-electron chi connectivity index (χ4n) is 1.32. The van der Waals surface area contributed by atoms with E-state index in [4.69, 9.17) is 14.2 Å². The van der Waals surface area contributed by atoms with Crippen molar-refractivity contribution in [2.24, 2.45) is 0 Å². The quantitative estimate of drug-likeness (QED) is 0.567. The Bertz CT molecular complexity index is 162. The maximum Gasteiger partial charge on any atom is 0.230 e. The van der Waals surface area contributed by atoms with E-state index in [2.05, 4.69) is 0 Å². The van der Waals surface area contributed by atoms with Crippen molar-refractivity contribution in [2.45, 2.75) is 18.6 Å². The third-order valence-electron chi connectivity index (χ3n) is 2.13. The van der Waals surface area contributed by atoms with E-state index in [0.29, 0.717) is 26.1 Å². The molecule has 0 aliphatic carbocycles. The summed E-state index contributed by atoms with van der Waals surface area (Å²) in [6, 6.07) is 0. The number of carbonyl (C=O) groups excluding carboxylic acids is 1. The zero-order valence-corrected chi connectivity index (χ0v) is 7.46. The molecule has 4 heteroatoms. The molecule has 0 saturated carbocycles. The first-order valence-corrected chi connectivity index (χ1v) is 3.96. The molecule has 12 heavy (non-hydrogen) atoms. The highest BCUT2D eigenvalue weighted by atomic mass is 16.7. The SMILES string of the molecule is COC1(OC)CCOCCC1=O. The van der Waals surface area contributed by atoms with Crippen molar-refractivity contribution in [3.05, 3.63) is 0 Å². The molecule has 0 N–H and O–H groups in total. The lowest BCUT2D eigenvalue weighted by atomic mass is 10.1. The third-order valence-corrected chi connectivity index (χ3v) is 2.13. The van der Waals surface area contributed by atoms with Crippen molar-refractivity contribution in [2.75, 3.05) is 27.4 Å². The summed E-state index contributed by atoms with van der Waals surface area (Å²) in [7, 11) is 2.96. The Balaban J connectivity index is 2.73. The number of methoxy groups -OCH3 is 2. The Morgan fingerprint density at radius 2 is 2.00 bits per heavy atom. The van der Waals surface area contributed by atoms with Gasteiger partial charge in [-0.1, -0.05) is 0 Å². The number of rotatable bonds is 2. The van der Waals surface area contributed by atoms with Crippen molar-refractivity contribution in [1.29, 1.82) is 0 Å². The van der Waals surface area contributed by atoms with E-state index in [1.807, 2.05) is 0 Å². The molecule has 0 aromatic carbocycles. The average Bonchev–Trinajstić information content (AvgIpc) is 2.28. The lowest BCUT2D eigenvalue weighted by molar-refractivity contribution is -0.209. The smallest absolute Gasteiger partial charge is 0.230 e. The molecular formula is C8H14O4. The van der Waals surface area contributed by atoms with Gasteiger partial charge in [0.25, 0.3) is 0 Å². The van der Waals surface area contributed by atoms with E-state index in [0.717, 1.165) is 0 Å². The number of hydrogen-bond acceptors (Lipinski definition) is 4. The lowest BCUT2D eigenvalue weighted by Gasteiger charge is -2.26. The summed E-state index contributed by atoms with van der Waals surface area (Å²) in [6.07, 6.45) is 0.834. The van der Waals surface area contributed by atoms with Crippen molar-refractivity contribution in [3.63, 3.8) is 0 Å². The fraction of sp³-hybridized carbons (Fsp3) is 0.875. The van der Waals surface area contributed by atoms with Crippen LogP contribution in [0, 0.1) is 0 Å². The summed E-state index contributed by atoms with van der Waals surface area (Å²) < 4.78 is 15.3. The monoisotopic (exact) mass is 174 g/mol. The molecule has 1 fully saturated rings. The van der Waals surface area contributed by atoms with Gasteiger partial charge in [0, 0.05) is 27.1 Å². The predicted octanol–water partition coefficient (Wildman–Crippen LogP) is 0.355. The van der Waals surface area contributed by atoms with Gasteiger partial charge in [0.15, 0.2) is 5.78 Å². The Kier molecular flexibility index (Phi) is 3.20. The first kappa shape index (κ1) is 9.64. The van der Waals surface area contributed by atoms with Crippen LogP contribution in [-0.2, 0) is 19.0 Å². The second-order valence-electron chi connectivity index (χ2n) is 2.70. The summed E-state index contributed by atoms with van der Waals surface area (Å²) in [5.74, 6) is -1.10. The highest BCUT2D eigenvalue weighted by Crippen LogP contribution is 2.21. The van der Waals surface area contributed by atoms with Crippen LogP contribution in [0.25, 0.3) is 0 Å². The molecular weight excluding hydrogens is 160 g/mol. The minimum absolute atomic E-state index is 0.0370. The van der Waals surface area contributed by atoms with Gasteiger partial charge in [-0.3, -0.25) is 4.79 Å². The summed E-state index contributed by atoms with van der Waals surface area (Å²) in [5.41, 5.74) is 0. The number of Topliss-reactive ketones (excluding diaryl/α,β-unsaturated/α-hetero) is 1. The molecule has 0 bridgehead atoms. The van der Waals surface area contributed by atoms with Crippen LogP contribution in [0.2, 0.25) is 0 Å². The molecule has 0 unspecified atom stereocenters. The first-order valence-electron chi connectivity index (χ1n) is 3.96. The van der Waals surface area contributed by atoms with Crippen LogP contribution >= 0.6 is 0 Å². The summed E-state index contributed by atoms with van der Waals surface area (Å²) >= 11 is 0. The van der Waals surface area contributed by atoms with Gasteiger partial charge in [-0.05, 0) is 0 Å². The predicted molar refractivity (Wildman–Crippen MR) is 41.8 cm³/mol. The van der Waals surface area contributed by atoms with E-state index >= 15 is 0 Å². The molecule has 0 amide bonds. The van der Waals surface area contributed by atoms with E-state index in [9.17, 15) is 4.79 Å². The second kappa shape index (κ2) is 3.98. The van der Waals surface area contributed by atoms with Gasteiger partial charge in [0.2, 0.25) is 5.79 Å². The fourth-order valence-corrected chi connectivity index (χ4v) is 1.32. The summed E-state index contributed by atoms with van der Waals surface area (Å²) in [5, 5.41) is 0. The molecule has 1 aliphatic heterocycles. The lowest BCUT2D eigenvalue weighted by Crippen LogP contribution is -2.42. The molecule has 4 nitrogen and oxygen atoms in total. The molecule has 0 spiro atoms. The molecule has 0 radical (unpaired) electrons. The average molecular weight is 174 g/mol. The first-order chi connectivity index (χ1) is 5.75. The number of carbonyl (C=O) groups is 1. The highest BCUT2D eigenvalue weighted by molar-refractivity contribution is 5.86. The van der Waals surface area contributed by atoms with Gasteiger partial charge < -0.3 is 14.2 Å². The normalized spacial score (nSPS) is 23.7. The summed E-state index contributed by atoms with van der Waals surface area (Å²) in [6.45, 7) is 0.973. The Morgan fingerprint density at radius 3 is 2.58 bits per heavy atom. The molecule has 0 atom stereocenters. The minimum atomic E-state index is -1.06. The summed E-state index contributed by atoms with van der Waals surface area (Å²) in [4.78, 5) is 11.5. The molecule has 1 rings (SSSR count). The molecule has 70 valence electrons. The molecule has 0 aromatic rings. The third kappa shape index (κ3) is 1.65. The van der Waals surface area contributed by atoms with Gasteiger partial charge in [-0.2, -0.15) is 0 Å². The van der Waals surface area contributed by atoms with Gasteiger partial charge in [-0.25, -0.2) is 0 Å². The number of ether oxygens (including phenoxy) is 3. The van der Waals surface area contributed by atoms with Gasteiger partial charge in [0.05, 0.1) is 13.2 Å². The van der Waals surface area contributed by atoms with Crippen LogP contribution in [0.15, 0.2) is 0 Å². The zero-order chi connectivity index (χ0) is 9.03. The largest absolute Gasteiger partial charge is 0.381 e. The van der Waals surface area contributed by atoms with Crippen LogP contribution in [-0.4, -0.2) is 39.0 Å². The zero-order valence-electron chi connectivity index (χ0n) is 7.46. The standard InChI is InChI=1S/C8H14O4/c1-10-8(11-2)4-6-12-5-3-7(8)9/h3-6H2,1-2H3. The van der Waals surface area contributed by atoms with Gasteiger partial charge in [0.1, 0.15) is 0 Å². The Labute approximate surface area is 71.8 Å². The molecule has 1 heterocycles. The maximum absolute atomic E-state index is 11.5. The van der Waals surface area contributed by atoms with Crippen molar-refractivity contribution in [1.82, 2.24) is 0 Å². The van der Waals surface area contributed by atoms with Crippen LogP contribution in [0.4, 0.5) is 0 Å². The van der Waals surface area contributed by atoms with E-state index in [1.54, 1.807) is 0 Å². The van der Waals surface area contributed by atoms with Crippen molar-refractivity contribution in [3.8, 4) is 0 Å². The Morgan fingerprint density at radius 1 is 1.33 bits per heavy atom. The van der Waals surface area contributed by atoms with Crippen LogP contribution < -0.4 is 0 Å². The van der Waals surface area contributed by atoms with E-state index < -0.39 is 5.79 Å². The number of hydrogen-bond donors (Lipinski definition) is 0. The minimum Gasteiger partial charge on any atom is -0.381 e. The van der Waals surface area contributed by atoms with Crippen LogP contribution in [0.5, 0.6) is 0 Å². The molecule has 0 aromatic heterocycles. The molecule has 1 aliphatic rings. The van der Waals surface area contributed by atoms with E-state index in [1.165, 1.54) is 14.2 Å². The van der Waals surface area contributed by atoms with Gasteiger partial charge >= 0.3 is 0 Å². The van der Waals surface area contributed by atoms with E-state index in [-0.39, 0.29) is 5.78 Å². The Hall–Kier alpha value is -0.450. The molecule has 1 saturated heterocycles. The second-order valence-corrected chi connectivity index (χ2v) is 2.70. The van der Waals surface area contributed by atoms with Crippen molar-refractivity contribution >= 4 is 5.78 Å². The number of ketones is 1. The van der Waals surface area contributed by atoms with Crippen molar-refractivity contribution < 1.29 is 19.0 Å². The van der Waals surface area contributed by atoms with Gasteiger partial charge in [-0.15, -0.1) is 0 Å².